The number of nitrogens with one attached hydrogen (secondary N) is 2. The van der Waals surface area contributed by atoms with Crippen LogP contribution in [0.3, 0.4) is 0 Å². The summed E-state index contributed by atoms with van der Waals surface area (Å²) in [6.07, 6.45) is 4.31. The average molecular weight is 352 g/mol. The van der Waals surface area contributed by atoms with Gasteiger partial charge in [-0.1, -0.05) is 13.0 Å². The highest BCUT2D eigenvalue weighted by Crippen LogP contribution is 2.18. The van der Waals surface area contributed by atoms with E-state index in [1.165, 1.54) is 11.9 Å². The zero-order chi connectivity index (χ0) is 18.5. The molecule has 0 unspecified atom stereocenters. The van der Waals surface area contributed by atoms with Crippen molar-refractivity contribution >= 4 is 22.8 Å². The van der Waals surface area contributed by atoms with E-state index < -0.39 is 0 Å². The SMILES string of the molecule is CCCNc1ncnc2c1cnn2CCNC(=O)c1ccc(C)c(C)c1. The predicted octanol–water partition coefficient (Wildman–Crippen LogP) is 2.70. The number of aromatic nitrogens is 4. The molecule has 1 aromatic carbocycles. The Morgan fingerprint density at radius 1 is 1.15 bits per heavy atom. The monoisotopic (exact) mass is 352 g/mol. The van der Waals surface area contributed by atoms with Crippen LogP contribution < -0.4 is 10.6 Å². The van der Waals surface area contributed by atoms with Crippen LogP contribution >= 0.6 is 0 Å². The van der Waals surface area contributed by atoms with Crippen LogP contribution in [-0.4, -0.2) is 38.7 Å². The summed E-state index contributed by atoms with van der Waals surface area (Å²) in [4.78, 5) is 20.9. The fourth-order valence-corrected chi connectivity index (χ4v) is 2.70. The molecule has 2 N–H and O–H groups in total. The van der Waals surface area contributed by atoms with Crippen molar-refractivity contribution < 1.29 is 4.79 Å². The lowest BCUT2D eigenvalue weighted by molar-refractivity contribution is 0.0952. The number of carbonyl (C=O) groups is 1. The Kier molecular flexibility index (Phi) is 5.46. The molecule has 3 rings (SSSR count). The minimum Gasteiger partial charge on any atom is -0.369 e. The van der Waals surface area contributed by atoms with E-state index in [1.54, 1.807) is 10.9 Å². The summed E-state index contributed by atoms with van der Waals surface area (Å²) in [5.74, 6) is 0.715. The summed E-state index contributed by atoms with van der Waals surface area (Å²) >= 11 is 0. The molecule has 0 radical (unpaired) electrons. The minimum atomic E-state index is -0.0792. The van der Waals surface area contributed by atoms with Gasteiger partial charge in [-0.3, -0.25) is 4.79 Å². The van der Waals surface area contributed by atoms with Gasteiger partial charge in [-0.15, -0.1) is 0 Å². The van der Waals surface area contributed by atoms with Gasteiger partial charge in [-0.05, 0) is 43.5 Å². The Labute approximate surface area is 152 Å². The summed E-state index contributed by atoms with van der Waals surface area (Å²) in [5.41, 5.74) is 3.72. The highest BCUT2D eigenvalue weighted by Gasteiger charge is 2.10. The van der Waals surface area contributed by atoms with Crippen molar-refractivity contribution in [3.63, 3.8) is 0 Å². The molecule has 0 spiro atoms. The number of aryl methyl sites for hydroxylation is 2. The summed E-state index contributed by atoms with van der Waals surface area (Å²) in [6.45, 7) is 8.02. The molecule has 1 amide bonds. The van der Waals surface area contributed by atoms with E-state index in [-0.39, 0.29) is 5.91 Å². The normalized spacial score (nSPS) is 10.9. The van der Waals surface area contributed by atoms with Crippen molar-refractivity contribution in [1.29, 1.82) is 0 Å². The fourth-order valence-electron chi connectivity index (χ4n) is 2.70. The quantitative estimate of drug-likeness (QED) is 0.683. The van der Waals surface area contributed by atoms with Crippen molar-refractivity contribution in [3.8, 4) is 0 Å². The third kappa shape index (κ3) is 3.82. The second-order valence-electron chi connectivity index (χ2n) is 6.31. The van der Waals surface area contributed by atoms with Gasteiger partial charge in [-0.25, -0.2) is 14.6 Å². The zero-order valence-corrected chi connectivity index (χ0v) is 15.4. The molecule has 0 aliphatic heterocycles. The topological polar surface area (TPSA) is 84.7 Å². The summed E-state index contributed by atoms with van der Waals surface area (Å²) in [7, 11) is 0. The van der Waals surface area contributed by atoms with Crippen molar-refractivity contribution in [2.24, 2.45) is 0 Å². The van der Waals surface area contributed by atoms with Crippen LogP contribution in [0.15, 0.2) is 30.7 Å². The van der Waals surface area contributed by atoms with E-state index in [2.05, 4.69) is 32.6 Å². The van der Waals surface area contributed by atoms with E-state index in [0.717, 1.165) is 35.4 Å². The smallest absolute Gasteiger partial charge is 0.251 e. The van der Waals surface area contributed by atoms with Crippen LogP contribution in [0.1, 0.15) is 34.8 Å². The number of anilines is 1. The Bertz CT molecular complexity index is 918. The van der Waals surface area contributed by atoms with Crippen molar-refractivity contribution in [2.75, 3.05) is 18.4 Å². The average Bonchev–Trinajstić information content (AvgIpc) is 3.06. The van der Waals surface area contributed by atoms with Gasteiger partial charge in [0.1, 0.15) is 12.1 Å². The minimum absolute atomic E-state index is 0.0792. The van der Waals surface area contributed by atoms with Crippen molar-refractivity contribution in [2.45, 2.75) is 33.7 Å². The standard InChI is InChI=1S/C19H24N6O/c1-4-7-20-17-16-11-24-25(18(16)23-12-22-17)9-8-21-19(26)15-6-5-13(2)14(3)10-15/h5-6,10-12H,4,7-9H2,1-3H3,(H,21,26)(H,20,22,23). The number of rotatable bonds is 7. The van der Waals surface area contributed by atoms with Crippen molar-refractivity contribution in [3.05, 3.63) is 47.4 Å². The van der Waals surface area contributed by atoms with E-state index >= 15 is 0 Å². The fraction of sp³-hybridized carbons (Fsp3) is 0.368. The maximum Gasteiger partial charge on any atom is 0.251 e. The van der Waals surface area contributed by atoms with Gasteiger partial charge in [-0.2, -0.15) is 5.10 Å². The van der Waals surface area contributed by atoms with Gasteiger partial charge in [0.25, 0.3) is 5.91 Å². The summed E-state index contributed by atoms with van der Waals surface area (Å²) in [6, 6.07) is 5.72. The molecule has 0 aliphatic carbocycles. The van der Waals surface area contributed by atoms with E-state index in [0.29, 0.717) is 18.7 Å². The van der Waals surface area contributed by atoms with Crippen LogP contribution in [-0.2, 0) is 6.54 Å². The Morgan fingerprint density at radius 2 is 2.00 bits per heavy atom. The van der Waals surface area contributed by atoms with Crippen LogP contribution in [0.5, 0.6) is 0 Å². The number of carbonyl (C=O) groups excluding carboxylic acids is 1. The Balaban J connectivity index is 1.64. The molecule has 0 fully saturated rings. The molecular formula is C19H24N6O. The number of fused-ring (bicyclic) bond motifs is 1. The predicted molar refractivity (Wildman–Crippen MR) is 102 cm³/mol. The molecule has 2 heterocycles. The second kappa shape index (κ2) is 7.95. The van der Waals surface area contributed by atoms with Crippen LogP contribution in [0.25, 0.3) is 11.0 Å². The highest BCUT2D eigenvalue weighted by molar-refractivity contribution is 5.94. The molecular weight excluding hydrogens is 328 g/mol. The first-order valence-electron chi connectivity index (χ1n) is 8.86. The first kappa shape index (κ1) is 17.8. The number of benzene rings is 1. The van der Waals surface area contributed by atoms with E-state index in [9.17, 15) is 4.79 Å². The number of amides is 1. The number of hydrogen-bond acceptors (Lipinski definition) is 5. The van der Waals surface area contributed by atoms with Crippen LogP contribution in [0.4, 0.5) is 5.82 Å². The molecule has 0 saturated heterocycles. The largest absolute Gasteiger partial charge is 0.369 e. The van der Waals surface area contributed by atoms with E-state index in [1.807, 2.05) is 32.0 Å². The zero-order valence-electron chi connectivity index (χ0n) is 15.4. The number of hydrogen-bond donors (Lipinski definition) is 2. The first-order valence-corrected chi connectivity index (χ1v) is 8.86. The van der Waals surface area contributed by atoms with Gasteiger partial charge >= 0.3 is 0 Å². The van der Waals surface area contributed by atoms with Crippen LogP contribution in [0, 0.1) is 13.8 Å². The van der Waals surface area contributed by atoms with E-state index in [4.69, 9.17) is 0 Å². The Morgan fingerprint density at radius 3 is 2.77 bits per heavy atom. The second-order valence-corrected chi connectivity index (χ2v) is 6.31. The van der Waals surface area contributed by atoms with Gasteiger partial charge in [0.2, 0.25) is 0 Å². The first-order chi connectivity index (χ1) is 12.6. The molecule has 0 saturated carbocycles. The third-order valence-electron chi connectivity index (χ3n) is 4.35. The molecule has 7 heteroatoms. The summed E-state index contributed by atoms with van der Waals surface area (Å²) in [5, 5.41) is 11.5. The Hall–Kier alpha value is -2.96. The molecule has 0 bridgehead atoms. The lowest BCUT2D eigenvalue weighted by Gasteiger charge is -2.08. The molecule has 7 nitrogen and oxygen atoms in total. The van der Waals surface area contributed by atoms with Crippen LogP contribution in [0.2, 0.25) is 0 Å². The summed E-state index contributed by atoms with van der Waals surface area (Å²) < 4.78 is 1.79. The highest BCUT2D eigenvalue weighted by atomic mass is 16.1. The van der Waals surface area contributed by atoms with Gasteiger partial charge in [0.05, 0.1) is 18.1 Å². The van der Waals surface area contributed by atoms with Gasteiger partial charge in [0.15, 0.2) is 5.65 Å². The van der Waals surface area contributed by atoms with Gasteiger partial charge < -0.3 is 10.6 Å². The lowest BCUT2D eigenvalue weighted by atomic mass is 10.1. The maximum atomic E-state index is 12.3. The molecule has 136 valence electrons. The molecule has 0 aliphatic rings. The molecule has 3 aromatic rings. The molecule has 0 atom stereocenters. The lowest BCUT2D eigenvalue weighted by Crippen LogP contribution is -2.27. The van der Waals surface area contributed by atoms with Gasteiger partial charge in [0, 0.05) is 18.7 Å². The number of nitrogens with zero attached hydrogens (tertiary/aromatic N) is 4. The van der Waals surface area contributed by atoms with Crippen molar-refractivity contribution in [1.82, 2.24) is 25.1 Å². The molecule has 2 aromatic heterocycles. The molecule has 26 heavy (non-hydrogen) atoms. The maximum absolute atomic E-state index is 12.3. The third-order valence-corrected chi connectivity index (χ3v) is 4.35.